The van der Waals surface area contributed by atoms with Gasteiger partial charge in [0.2, 0.25) is 0 Å². The molecule has 6 rings (SSSR count). The third-order valence-corrected chi connectivity index (χ3v) is 7.69. The van der Waals surface area contributed by atoms with E-state index in [2.05, 4.69) is 75.7 Å². The normalized spacial score (nSPS) is 18.1. The lowest BCUT2D eigenvalue weighted by Crippen LogP contribution is -2.26. The molecule has 1 N–H and O–H groups in total. The van der Waals surface area contributed by atoms with Crippen LogP contribution in [0.2, 0.25) is 0 Å². The van der Waals surface area contributed by atoms with Crippen LogP contribution in [0, 0.1) is 6.92 Å². The molecule has 5 aromatic rings. The van der Waals surface area contributed by atoms with Crippen LogP contribution in [0.25, 0.3) is 28.2 Å². The minimum Gasteiger partial charge on any atom is -0.306 e. The molecule has 0 amide bonds. The number of H-pyrrole nitrogens is 1. The minimum absolute atomic E-state index is 0.0199. The number of nitrogens with one attached hydrogen (secondary N) is 1. The van der Waals surface area contributed by atoms with Gasteiger partial charge in [0.05, 0.1) is 16.7 Å². The number of rotatable bonds is 5. The Labute approximate surface area is 215 Å². The summed E-state index contributed by atoms with van der Waals surface area (Å²) in [4.78, 5) is 24.6. The van der Waals surface area contributed by atoms with E-state index in [9.17, 15) is 4.79 Å². The molecule has 2 aromatic carbocycles. The summed E-state index contributed by atoms with van der Waals surface area (Å²) in [5.74, 6) is 2.34. The number of hydrogen-bond acceptors (Lipinski definition) is 5. The lowest BCUT2D eigenvalue weighted by atomic mass is 9.85. The zero-order valence-electron chi connectivity index (χ0n) is 21.4. The second kappa shape index (κ2) is 9.42. The van der Waals surface area contributed by atoms with Gasteiger partial charge in [-0.05, 0) is 73.9 Å². The number of benzene rings is 2. The van der Waals surface area contributed by atoms with Gasteiger partial charge in [-0.1, -0.05) is 38.1 Å². The van der Waals surface area contributed by atoms with Crippen LogP contribution in [0.3, 0.4) is 0 Å². The third kappa shape index (κ3) is 4.16. The van der Waals surface area contributed by atoms with Crippen LogP contribution in [0.4, 0.5) is 0 Å². The number of imidazole rings is 1. The summed E-state index contributed by atoms with van der Waals surface area (Å²) in [5, 5.41) is 9.28. The van der Waals surface area contributed by atoms with Crippen molar-refractivity contribution in [1.82, 2.24) is 34.3 Å². The van der Waals surface area contributed by atoms with E-state index in [0.29, 0.717) is 5.92 Å². The fourth-order valence-corrected chi connectivity index (χ4v) is 5.66. The number of para-hydroxylation sites is 1. The van der Waals surface area contributed by atoms with Crippen LogP contribution >= 0.6 is 0 Å². The van der Waals surface area contributed by atoms with Crippen molar-refractivity contribution in [3.05, 3.63) is 88.5 Å². The maximum atomic E-state index is 13.0. The molecule has 8 nitrogen and oxygen atoms in total. The molecule has 0 spiro atoms. The Bertz CT molecular complexity index is 1600. The van der Waals surface area contributed by atoms with Gasteiger partial charge in [-0.15, -0.1) is 10.2 Å². The minimum atomic E-state index is -0.0199. The molecule has 0 unspecified atom stereocenters. The average molecular weight is 494 g/mol. The Morgan fingerprint density at radius 2 is 1.81 bits per heavy atom. The molecule has 188 valence electrons. The van der Waals surface area contributed by atoms with Gasteiger partial charge in [-0.3, -0.25) is 9.13 Å². The molecule has 1 saturated carbocycles. The fourth-order valence-electron chi connectivity index (χ4n) is 5.66. The summed E-state index contributed by atoms with van der Waals surface area (Å²) in [7, 11) is 0. The monoisotopic (exact) mass is 493 g/mol. The molecule has 0 atom stereocenters. The first kappa shape index (κ1) is 23.3. The van der Waals surface area contributed by atoms with Gasteiger partial charge < -0.3 is 4.98 Å². The predicted octanol–water partition coefficient (Wildman–Crippen LogP) is 5.70. The molecule has 3 heterocycles. The quantitative estimate of drug-likeness (QED) is 0.339. The van der Waals surface area contributed by atoms with Gasteiger partial charge in [0, 0.05) is 18.2 Å². The van der Waals surface area contributed by atoms with Crippen molar-refractivity contribution in [3.8, 4) is 17.2 Å². The predicted molar refractivity (Wildman–Crippen MR) is 144 cm³/mol. The number of aromatic nitrogens is 7. The summed E-state index contributed by atoms with van der Waals surface area (Å²) < 4.78 is 4.13. The topological polar surface area (TPSA) is 94.3 Å². The molecule has 37 heavy (non-hydrogen) atoms. The Balaban J connectivity index is 1.32. The van der Waals surface area contributed by atoms with E-state index in [1.54, 1.807) is 12.5 Å². The fraction of sp³-hybridized carbons (Fsp3) is 0.345. The van der Waals surface area contributed by atoms with Crippen molar-refractivity contribution in [2.24, 2.45) is 0 Å². The number of aromatic amines is 1. The summed E-state index contributed by atoms with van der Waals surface area (Å²) in [6, 6.07) is 16.7. The first-order valence-corrected chi connectivity index (χ1v) is 13.0. The van der Waals surface area contributed by atoms with Gasteiger partial charge in [0.25, 0.3) is 0 Å². The molecule has 1 aliphatic carbocycles. The second-order valence-electron chi connectivity index (χ2n) is 10.3. The maximum Gasteiger partial charge on any atom is 0.326 e. The van der Waals surface area contributed by atoms with Gasteiger partial charge >= 0.3 is 5.69 Å². The number of aryl methyl sites for hydroxylation is 1. The Morgan fingerprint density at radius 3 is 2.54 bits per heavy atom. The van der Waals surface area contributed by atoms with Crippen molar-refractivity contribution in [3.63, 3.8) is 0 Å². The largest absolute Gasteiger partial charge is 0.326 e. The maximum absolute atomic E-state index is 13.0. The van der Waals surface area contributed by atoms with Crippen molar-refractivity contribution >= 4 is 11.0 Å². The lowest BCUT2D eigenvalue weighted by Gasteiger charge is -2.29. The van der Waals surface area contributed by atoms with Crippen LogP contribution < -0.4 is 5.69 Å². The van der Waals surface area contributed by atoms with E-state index in [1.165, 1.54) is 5.56 Å². The van der Waals surface area contributed by atoms with Crippen LogP contribution in [-0.4, -0.2) is 34.3 Å². The van der Waals surface area contributed by atoms with E-state index >= 15 is 0 Å². The zero-order valence-corrected chi connectivity index (χ0v) is 21.4. The molecule has 8 heteroatoms. The molecule has 1 aliphatic rings. The SMILES string of the molecule is Cc1ccccc1-n1c(-c2ccncn2)nnc1[C@H]1CC[C@H](n2c(=O)[nH]c3cc(C(C)C)ccc32)CC1. The van der Waals surface area contributed by atoms with Crippen LogP contribution in [0.1, 0.15) is 74.4 Å². The first-order valence-electron chi connectivity index (χ1n) is 13.0. The average Bonchev–Trinajstić information content (AvgIpc) is 3.50. The van der Waals surface area contributed by atoms with Crippen molar-refractivity contribution in [1.29, 1.82) is 0 Å². The molecule has 0 radical (unpaired) electrons. The summed E-state index contributed by atoms with van der Waals surface area (Å²) in [5.41, 5.74) is 6.09. The second-order valence-corrected chi connectivity index (χ2v) is 10.3. The van der Waals surface area contributed by atoms with Gasteiger partial charge in [-0.25, -0.2) is 14.8 Å². The van der Waals surface area contributed by atoms with Crippen LogP contribution in [0.5, 0.6) is 0 Å². The number of hydrogen-bond donors (Lipinski definition) is 1. The van der Waals surface area contributed by atoms with E-state index in [4.69, 9.17) is 5.10 Å². The Morgan fingerprint density at radius 1 is 1.00 bits per heavy atom. The van der Waals surface area contributed by atoms with E-state index in [0.717, 1.165) is 65.3 Å². The molecular formula is C29H31N7O. The van der Waals surface area contributed by atoms with E-state index in [-0.39, 0.29) is 17.6 Å². The summed E-state index contributed by atoms with van der Waals surface area (Å²) in [6.07, 6.45) is 6.95. The van der Waals surface area contributed by atoms with E-state index in [1.807, 2.05) is 22.8 Å². The van der Waals surface area contributed by atoms with Crippen molar-refractivity contribution in [2.75, 3.05) is 0 Å². The highest BCUT2D eigenvalue weighted by Crippen LogP contribution is 2.40. The summed E-state index contributed by atoms with van der Waals surface area (Å²) >= 11 is 0. The molecule has 0 bridgehead atoms. The van der Waals surface area contributed by atoms with Gasteiger partial charge in [0.15, 0.2) is 5.82 Å². The van der Waals surface area contributed by atoms with E-state index < -0.39 is 0 Å². The molecular weight excluding hydrogens is 462 g/mol. The zero-order chi connectivity index (χ0) is 25.5. The highest BCUT2D eigenvalue weighted by atomic mass is 16.1. The lowest BCUT2D eigenvalue weighted by molar-refractivity contribution is 0.315. The van der Waals surface area contributed by atoms with Crippen LogP contribution in [0.15, 0.2) is 65.8 Å². The smallest absolute Gasteiger partial charge is 0.306 e. The van der Waals surface area contributed by atoms with Crippen molar-refractivity contribution < 1.29 is 0 Å². The standard InChI is InChI=1S/C29H31N7O/c1-18(2)21-10-13-26-24(16-21)32-29(37)35(26)22-11-8-20(9-12-22)27-33-34-28(23-14-15-30-17-31-23)36(27)25-7-5-4-6-19(25)3/h4-7,10,13-18,20,22H,8-9,11-12H2,1-3H3,(H,32,37)/t20-,22-. The van der Waals surface area contributed by atoms with Crippen LogP contribution in [-0.2, 0) is 0 Å². The highest BCUT2D eigenvalue weighted by Gasteiger charge is 2.30. The Hall–Kier alpha value is -4.07. The van der Waals surface area contributed by atoms with Gasteiger partial charge in [-0.2, -0.15) is 0 Å². The van der Waals surface area contributed by atoms with Gasteiger partial charge in [0.1, 0.15) is 17.8 Å². The van der Waals surface area contributed by atoms with Crippen molar-refractivity contribution in [2.45, 2.75) is 64.3 Å². The first-order chi connectivity index (χ1) is 18.0. The molecule has 0 saturated heterocycles. The highest BCUT2D eigenvalue weighted by molar-refractivity contribution is 5.76. The molecule has 3 aromatic heterocycles. The molecule has 1 fully saturated rings. The third-order valence-electron chi connectivity index (χ3n) is 7.69. The summed E-state index contributed by atoms with van der Waals surface area (Å²) in [6.45, 7) is 6.45. The molecule has 0 aliphatic heterocycles. The number of nitrogens with zero attached hydrogens (tertiary/aromatic N) is 6. The number of fused-ring (bicyclic) bond motifs is 1. The Kier molecular flexibility index (Phi) is 5.94.